The predicted octanol–water partition coefficient (Wildman–Crippen LogP) is 2.94. The lowest BCUT2D eigenvalue weighted by molar-refractivity contribution is -0.137. The molecule has 1 rings (SSSR count). The third-order valence-electron chi connectivity index (χ3n) is 1.89. The quantitative estimate of drug-likeness (QED) is 0.596. The maximum absolute atomic E-state index is 8.52. The number of benzene rings is 1. The minimum atomic E-state index is 0.147. The second-order valence-electron chi connectivity index (χ2n) is 3.64. The maximum Gasteiger partial charge on any atom is 0.165 e. The number of hydrogen-bond acceptors (Lipinski definition) is 3. The second-order valence-corrected chi connectivity index (χ2v) is 3.64. The van der Waals surface area contributed by atoms with E-state index in [1.165, 1.54) is 0 Å². The average Bonchev–Trinajstić information content (AvgIpc) is 2.10. The van der Waals surface area contributed by atoms with Crippen LogP contribution in [0.3, 0.4) is 0 Å². The lowest BCUT2D eigenvalue weighted by atomic mass is 10.1. The topological polar surface area (TPSA) is 38.7 Å². The Labute approximate surface area is 84.2 Å². The summed E-state index contributed by atoms with van der Waals surface area (Å²) in [6, 6.07) is 3.48. The molecule has 0 fully saturated rings. The molecule has 0 heterocycles. The summed E-state index contributed by atoms with van der Waals surface area (Å²) in [6.07, 6.45) is 0.147. The Morgan fingerprint density at radius 3 is 2.00 bits per heavy atom. The SMILES string of the molecule is Cc1cc(OO)cc(C)c1OC(C)C. The molecule has 0 aliphatic rings. The largest absolute Gasteiger partial charge is 0.490 e. The molecule has 3 heteroatoms. The highest BCUT2D eigenvalue weighted by atomic mass is 17.1. The summed E-state index contributed by atoms with van der Waals surface area (Å²) in [5.41, 5.74) is 1.92. The Balaban J connectivity index is 3.05. The van der Waals surface area contributed by atoms with Crippen molar-refractivity contribution in [2.24, 2.45) is 0 Å². The highest BCUT2D eigenvalue weighted by Crippen LogP contribution is 2.28. The molecular weight excluding hydrogens is 180 g/mol. The minimum absolute atomic E-state index is 0.147. The summed E-state index contributed by atoms with van der Waals surface area (Å²) in [7, 11) is 0. The predicted molar refractivity (Wildman–Crippen MR) is 54.9 cm³/mol. The maximum atomic E-state index is 8.52. The molecule has 78 valence electrons. The van der Waals surface area contributed by atoms with E-state index in [9.17, 15) is 0 Å². The van der Waals surface area contributed by atoms with E-state index in [-0.39, 0.29) is 6.10 Å². The Bertz CT molecular complexity index is 295. The summed E-state index contributed by atoms with van der Waals surface area (Å²) in [6.45, 7) is 7.81. The summed E-state index contributed by atoms with van der Waals surface area (Å²) in [4.78, 5) is 4.18. The van der Waals surface area contributed by atoms with Crippen LogP contribution >= 0.6 is 0 Å². The van der Waals surface area contributed by atoms with Gasteiger partial charge in [-0.2, -0.15) is 0 Å². The number of rotatable bonds is 3. The lowest BCUT2D eigenvalue weighted by Crippen LogP contribution is -2.08. The molecule has 0 saturated heterocycles. The van der Waals surface area contributed by atoms with E-state index in [1.807, 2.05) is 27.7 Å². The molecular formula is C11H16O3. The van der Waals surface area contributed by atoms with E-state index in [1.54, 1.807) is 12.1 Å². The van der Waals surface area contributed by atoms with Gasteiger partial charge in [-0.25, -0.2) is 5.26 Å². The fourth-order valence-electron chi connectivity index (χ4n) is 1.38. The van der Waals surface area contributed by atoms with Gasteiger partial charge in [-0.3, -0.25) is 0 Å². The van der Waals surface area contributed by atoms with Crippen LogP contribution in [0.15, 0.2) is 12.1 Å². The summed E-state index contributed by atoms with van der Waals surface area (Å²) < 4.78 is 5.64. The van der Waals surface area contributed by atoms with Crippen molar-refractivity contribution in [2.45, 2.75) is 33.8 Å². The normalized spacial score (nSPS) is 10.4. The van der Waals surface area contributed by atoms with Crippen molar-refractivity contribution in [1.29, 1.82) is 0 Å². The molecule has 0 aliphatic heterocycles. The van der Waals surface area contributed by atoms with E-state index in [4.69, 9.17) is 9.99 Å². The Hall–Kier alpha value is -1.22. The molecule has 14 heavy (non-hydrogen) atoms. The minimum Gasteiger partial charge on any atom is -0.490 e. The van der Waals surface area contributed by atoms with Gasteiger partial charge in [0.2, 0.25) is 0 Å². The molecule has 0 aromatic heterocycles. The van der Waals surface area contributed by atoms with E-state index in [0.717, 1.165) is 16.9 Å². The van der Waals surface area contributed by atoms with Gasteiger partial charge in [-0.05, 0) is 51.0 Å². The van der Waals surface area contributed by atoms with Gasteiger partial charge in [0, 0.05) is 0 Å². The van der Waals surface area contributed by atoms with Gasteiger partial charge in [0.15, 0.2) is 5.75 Å². The van der Waals surface area contributed by atoms with Crippen LogP contribution in [-0.2, 0) is 0 Å². The number of aryl methyl sites for hydroxylation is 2. The average molecular weight is 196 g/mol. The molecule has 0 spiro atoms. The molecule has 3 nitrogen and oxygen atoms in total. The fraction of sp³-hybridized carbons (Fsp3) is 0.455. The molecule has 1 aromatic carbocycles. The first-order valence-electron chi connectivity index (χ1n) is 4.64. The molecule has 0 unspecified atom stereocenters. The highest BCUT2D eigenvalue weighted by Gasteiger charge is 2.08. The van der Waals surface area contributed by atoms with Crippen molar-refractivity contribution in [3.63, 3.8) is 0 Å². The third kappa shape index (κ3) is 2.39. The van der Waals surface area contributed by atoms with Gasteiger partial charge < -0.3 is 9.62 Å². The molecule has 1 N–H and O–H groups in total. The van der Waals surface area contributed by atoms with E-state index in [0.29, 0.717) is 5.75 Å². The van der Waals surface area contributed by atoms with Crippen molar-refractivity contribution in [3.05, 3.63) is 23.3 Å². The monoisotopic (exact) mass is 196 g/mol. The molecule has 0 aliphatic carbocycles. The first-order chi connectivity index (χ1) is 6.54. The van der Waals surface area contributed by atoms with Crippen LogP contribution in [-0.4, -0.2) is 11.4 Å². The second kappa shape index (κ2) is 4.33. The van der Waals surface area contributed by atoms with Gasteiger partial charge in [-0.1, -0.05) is 0 Å². The van der Waals surface area contributed by atoms with Crippen molar-refractivity contribution < 1.29 is 14.9 Å². The Morgan fingerprint density at radius 1 is 1.14 bits per heavy atom. The first-order valence-corrected chi connectivity index (χ1v) is 4.64. The van der Waals surface area contributed by atoms with Gasteiger partial charge in [-0.15, -0.1) is 0 Å². The van der Waals surface area contributed by atoms with Crippen LogP contribution in [0.2, 0.25) is 0 Å². The van der Waals surface area contributed by atoms with Gasteiger partial charge in [0.25, 0.3) is 0 Å². The summed E-state index contributed by atoms with van der Waals surface area (Å²) in [5.74, 6) is 1.30. The zero-order valence-electron chi connectivity index (χ0n) is 9.00. The van der Waals surface area contributed by atoms with Crippen LogP contribution in [0.25, 0.3) is 0 Å². The fourth-order valence-corrected chi connectivity index (χ4v) is 1.38. The van der Waals surface area contributed by atoms with Gasteiger partial charge in [0.05, 0.1) is 6.10 Å². The van der Waals surface area contributed by atoms with Crippen LogP contribution in [0, 0.1) is 13.8 Å². The third-order valence-corrected chi connectivity index (χ3v) is 1.89. The zero-order chi connectivity index (χ0) is 10.7. The Kier molecular flexibility index (Phi) is 3.36. The molecule has 0 bridgehead atoms. The van der Waals surface area contributed by atoms with Crippen LogP contribution < -0.4 is 9.62 Å². The van der Waals surface area contributed by atoms with Gasteiger partial charge >= 0.3 is 0 Å². The number of ether oxygens (including phenoxy) is 1. The van der Waals surface area contributed by atoms with Crippen LogP contribution in [0.4, 0.5) is 0 Å². The highest BCUT2D eigenvalue weighted by molar-refractivity contribution is 5.45. The zero-order valence-corrected chi connectivity index (χ0v) is 9.00. The lowest BCUT2D eigenvalue weighted by Gasteiger charge is -2.15. The van der Waals surface area contributed by atoms with Crippen LogP contribution in [0.1, 0.15) is 25.0 Å². The van der Waals surface area contributed by atoms with Gasteiger partial charge in [0.1, 0.15) is 5.75 Å². The van der Waals surface area contributed by atoms with E-state index in [2.05, 4.69) is 4.89 Å². The first kappa shape index (κ1) is 10.9. The molecule has 1 aromatic rings. The van der Waals surface area contributed by atoms with E-state index < -0.39 is 0 Å². The standard InChI is InChI=1S/C11H16O3/c1-7(2)13-11-8(3)5-10(14-12)6-9(11)4/h5-7,12H,1-4H3. The van der Waals surface area contributed by atoms with Crippen molar-refractivity contribution in [2.75, 3.05) is 0 Å². The Morgan fingerprint density at radius 2 is 1.64 bits per heavy atom. The van der Waals surface area contributed by atoms with E-state index >= 15 is 0 Å². The van der Waals surface area contributed by atoms with Crippen molar-refractivity contribution >= 4 is 0 Å². The molecule has 0 saturated carbocycles. The summed E-state index contributed by atoms with van der Waals surface area (Å²) in [5, 5.41) is 8.52. The van der Waals surface area contributed by atoms with Crippen LogP contribution in [0.5, 0.6) is 11.5 Å². The van der Waals surface area contributed by atoms with Crippen molar-refractivity contribution in [1.82, 2.24) is 0 Å². The summed E-state index contributed by atoms with van der Waals surface area (Å²) >= 11 is 0. The molecule has 0 radical (unpaired) electrons. The molecule has 0 atom stereocenters. The smallest absolute Gasteiger partial charge is 0.165 e. The number of hydrogen-bond donors (Lipinski definition) is 1. The molecule has 0 amide bonds. The van der Waals surface area contributed by atoms with Crippen molar-refractivity contribution in [3.8, 4) is 11.5 Å².